The topological polar surface area (TPSA) is 90.9 Å². The highest BCUT2D eigenvalue weighted by molar-refractivity contribution is 5.77. The number of hydrogen-bond donors (Lipinski definition) is 4. The van der Waals surface area contributed by atoms with Gasteiger partial charge in [0.25, 0.3) is 0 Å². The van der Waals surface area contributed by atoms with Crippen LogP contribution in [-0.4, -0.2) is 42.0 Å². The van der Waals surface area contributed by atoms with E-state index >= 15 is 0 Å². The van der Waals surface area contributed by atoms with E-state index in [0.29, 0.717) is 0 Å². The molecule has 0 spiro atoms. The molecule has 0 aromatic heterocycles. The lowest BCUT2D eigenvalue weighted by atomic mass is 10.1. The maximum absolute atomic E-state index is 9.24. The second-order valence-corrected chi connectivity index (χ2v) is 2.62. The monoisotopic (exact) mass is 161 g/mol. The van der Waals surface area contributed by atoms with E-state index in [0.717, 1.165) is 0 Å². The summed E-state index contributed by atoms with van der Waals surface area (Å²) in [5.41, 5.74) is 4.14. The number of aliphatic imine (C=N–C) groups is 1. The molecule has 5 N–H and O–H groups in total. The van der Waals surface area contributed by atoms with Crippen molar-refractivity contribution in [2.24, 2.45) is 10.7 Å². The number of nitrogens with zero attached hydrogens (tertiary/aromatic N) is 1. The van der Waals surface area contributed by atoms with Gasteiger partial charge in [0.05, 0.1) is 6.61 Å². The fourth-order valence-corrected chi connectivity index (χ4v) is 0.416. The van der Waals surface area contributed by atoms with E-state index in [4.69, 9.17) is 10.8 Å². The van der Waals surface area contributed by atoms with E-state index in [9.17, 15) is 5.11 Å². The van der Waals surface area contributed by atoms with Crippen LogP contribution in [0.25, 0.3) is 0 Å². The van der Waals surface area contributed by atoms with E-state index < -0.39 is 5.60 Å². The van der Waals surface area contributed by atoms with Crippen LogP contribution in [0.5, 0.6) is 0 Å². The van der Waals surface area contributed by atoms with Gasteiger partial charge in [0.15, 0.2) is 5.96 Å². The zero-order valence-electron chi connectivity index (χ0n) is 6.83. The molecule has 0 aliphatic rings. The van der Waals surface area contributed by atoms with Crippen molar-refractivity contribution in [2.75, 3.05) is 20.2 Å². The van der Waals surface area contributed by atoms with Gasteiger partial charge in [0, 0.05) is 13.6 Å². The molecule has 0 heterocycles. The van der Waals surface area contributed by atoms with Crippen LogP contribution in [0.4, 0.5) is 0 Å². The van der Waals surface area contributed by atoms with Crippen LogP contribution < -0.4 is 11.1 Å². The summed E-state index contributed by atoms with van der Waals surface area (Å²) in [7, 11) is 1.54. The van der Waals surface area contributed by atoms with Crippen molar-refractivity contribution in [3.8, 4) is 0 Å². The van der Waals surface area contributed by atoms with Gasteiger partial charge in [-0.1, -0.05) is 0 Å². The molecule has 0 rings (SSSR count). The van der Waals surface area contributed by atoms with Crippen molar-refractivity contribution in [3.63, 3.8) is 0 Å². The third-order valence-corrected chi connectivity index (χ3v) is 1.23. The molecule has 5 heteroatoms. The van der Waals surface area contributed by atoms with Crippen LogP contribution in [0.1, 0.15) is 6.92 Å². The molecule has 66 valence electrons. The van der Waals surface area contributed by atoms with Gasteiger partial charge in [-0.25, -0.2) is 0 Å². The molecule has 1 unspecified atom stereocenters. The molecule has 0 fully saturated rings. The minimum Gasteiger partial charge on any atom is -0.393 e. The van der Waals surface area contributed by atoms with Crippen molar-refractivity contribution in [2.45, 2.75) is 12.5 Å². The number of aliphatic hydroxyl groups is 2. The van der Waals surface area contributed by atoms with Crippen LogP contribution in [-0.2, 0) is 0 Å². The van der Waals surface area contributed by atoms with Crippen molar-refractivity contribution in [3.05, 3.63) is 0 Å². The van der Waals surface area contributed by atoms with E-state index in [1.807, 2.05) is 0 Å². The van der Waals surface area contributed by atoms with E-state index in [1.54, 1.807) is 0 Å². The van der Waals surface area contributed by atoms with Gasteiger partial charge in [-0.2, -0.15) is 0 Å². The number of hydrogen-bond acceptors (Lipinski definition) is 3. The van der Waals surface area contributed by atoms with Gasteiger partial charge in [0.1, 0.15) is 5.60 Å². The van der Waals surface area contributed by atoms with Crippen LogP contribution in [0.2, 0.25) is 0 Å². The first kappa shape index (κ1) is 10.2. The molecule has 0 aromatic carbocycles. The predicted molar refractivity (Wildman–Crippen MR) is 43.3 cm³/mol. The number of nitrogens with one attached hydrogen (secondary N) is 1. The lowest BCUT2D eigenvalue weighted by Gasteiger charge is -2.20. The molecule has 0 aromatic rings. The van der Waals surface area contributed by atoms with Gasteiger partial charge in [-0.3, -0.25) is 4.99 Å². The van der Waals surface area contributed by atoms with Crippen LogP contribution in [0.15, 0.2) is 4.99 Å². The summed E-state index contributed by atoms with van der Waals surface area (Å²) in [5.74, 6) is 0.249. The number of nitrogens with two attached hydrogens (primary N) is 1. The molecular weight excluding hydrogens is 146 g/mol. The minimum atomic E-state index is -1.14. The molecule has 5 nitrogen and oxygen atoms in total. The lowest BCUT2D eigenvalue weighted by Crippen LogP contribution is -2.45. The standard InChI is InChI=1S/C6H15N3O2/c1-6(11,4-10)3-9-5(7)8-2/h10-11H,3-4H2,1-2H3,(H3,7,8,9). The van der Waals surface area contributed by atoms with Crippen molar-refractivity contribution >= 4 is 5.96 Å². The fourth-order valence-electron chi connectivity index (χ4n) is 0.416. The summed E-state index contributed by atoms with van der Waals surface area (Å²) in [5, 5.41) is 20.5. The Morgan fingerprint density at radius 2 is 2.27 bits per heavy atom. The SMILES string of the molecule is CN=C(N)NCC(C)(O)CO. The highest BCUT2D eigenvalue weighted by Crippen LogP contribution is 1.97. The molecule has 0 amide bonds. The molecule has 0 saturated heterocycles. The Morgan fingerprint density at radius 3 is 2.64 bits per heavy atom. The largest absolute Gasteiger partial charge is 0.393 e. The van der Waals surface area contributed by atoms with Gasteiger partial charge in [-0.05, 0) is 6.92 Å². The maximum atomic E-state index is 9.24. The Balaban J connectivity index is 3.70. The smallest absolute Gasteiger partial charge is 0.188 e. The van der Waals surface area contributed by atoms with Gasteiger partial charge in [0.2, 0.25) is 0 Å². The average Bonchev–Trinajstić information content (AvgIpc) is 2.00. The van der Waals surface area contributed by atoms with E-state index in [-0.39, 0.29) is 19.1 Å². The quantitative estimate of drug-likeness (QED) is 0.292. The fraction of sp³-hybridized carbons (Fsp3) is 0.833. The average molecular weight is 161 g/mol. The van der Waals surface area contributed by atoms with Crippen LogP contribution in [0.3, 0.4) is 0 Å². The van der Waals surface area contributed by atoms with Gasteiger partial charge < -0.3 is 21.3 Å². The minimum absolute atomic E-state index is 0.187. The summed E-state index contributed by atoms with van der Waals surface area (Å²) < 4.78 is 0. The predicted octanol–water partition coefficient (Wildman–Crippen LogP) is -1.74. The third kappa shape index (κ3) is 4.58. The second-order valence-electron chi connectivity index (χ2n) is 2.62. The molecule has 0 bridgehead atoms. The zero-order chi connectivity index (χ0) is 8.91. The molecule has 1 atom stereocenters. The second kappa shape index (κ2) is 4.15. The molecular formula is C6H15N3O2. The summed E-state index contributed by atoms with van der Waals surface area (Å²) in [6.45, 7) is 1.38. The zero-order valence-corrected chi connectivity index (χ0v) is 6.83. The molecule has 0 radical (unpaired) electrons. The summed E-state index contributed by atoms with van der Waals surface area (Å²) >= 11 is 0. The Kier molecular flexibility index (Phi) is 3.84. The summed E-state index contributed by atoms with van der Waals surface area (Å²) in [6, 6.07) is 0. The number of rotatable bonds is 3. The first-order valence-electron chi connectivity index (χ1n) is 3.31. The van der Waals surface area contributed by atoms with Gasteiger partial charge in [-0.15, -0.1) is 0 Å². The highest BCUT2D eigenvalue weighted by Gasteiger charge is 2.18. The van der Waals surface area contributed by atoms with E-state index in [1.165, 1.54) is 14.0 Å². The summed E-state index contributed by atoms with van der Waals surface area (Å²) in [6.07, 6.45) is 0. The highest BCUT2D eigenvalue weighted by atomic mass is 16.3. The molecule has 0 aliphatic heterocycles. The first-order chi connectivity index (χ1) is 5.02. The van der Waals surface area contributed by atoms with Crippen molar-refractivity contribution in [1.29, 1.82) is 0 Å². The maximum Gasteiger partial charge on any atom is 0.188 e. The Morgan fingerprint density at radius 1 is 1.73 bits per heavy atom. The first-order valence-corrected chi connectivity index (χ1v) is 3.31. The third-order valence-electron chi connectivity index (χ3n) is 1.23. The molecule has 0 saturated carbocycles. The van der Waals surface area contributed by atoms with E-state index in [2.05, 4.69) is 10.3 Å². The number of aliphatic hydroxyl groups excluding tert-OH is 1. The Labute approximate surface area is 65.9 Å². The van der Waals surface area contributed by atoms with Crippen LogP contribution >= 0.6 is 0 Å². The molecule has 11 heavy (non-hydrogen) atoms. The Hall–Kier alpha value is -0.810. The van der Waals surface area contributed by atoms with Crippen molar-refractivity contribution < 1.29 is 10.2 Å². The van der Waals surface area contributed by atoms with Gasteiger partial charge >= 0.3 is 0 Å². The summed E-state index contributed by atoms with van der Waals surface area (Å²) in [4.78, 5) is 3.62. The van der Waals surface area contributed by atoms with Crippen molar-refractivity contribution in [1.82, 2.24) is 5.32 Å². The van der Waals surface area contributed by atoms with Crippen LogP contribution in [0, 0.1) is 0 Å². The number of guanidine groups is 1. The lowest BCUT2D eigenvalue weighted by molar-refractivity contribution is 0.00613. The Bertz CT molecular complexity index is 145. The molecule has 0 aliphatic carbocycles. The normalized spacial score (nSPS) is 17.6.